The molecular weight excluding hydrogens is 402 g/mol. The summed E-state index contributed by atoms with van der Waals surface area (Å²) >= 11 is 0. The molecule has 2 aromatic rings. The number of rotatable bonds is 8. The fraction of sp³-hybridized carbons (Fsp3) is 0.440. The quantitative estimate of drug-likeness (QED) is 0.377. The zero-order chi connectivity index (χ0) is 22.8. The highest BCUT2D eigenvalue weighted by molar-refractivity contribution is 5.94. The molecule has 0 aromatic heterocycles. The largest absolute Gasteiger partial charge is 0.495 e. The van der Waals surface area contributed by atoms with E-state index in [-0.39, 0.29) is 5.91 Å². The number of nitrogens with one attached hydrogen (secondary N) is 2. The smallest absolute Gasteiger partial charge is 0.251 e. The number of anilines is 1. The Morgan fingerprint density at radius 1 is 1.03 bits per heavy atom. The molecule has 1 aliphatic rings. The predicted octanol–water partition coefficient (Wildman–Crippen LogP) is 3.12. The highest BCUT2D eigenvalue weighted by atomic mass is 16.5. The van der Waals surface area contributed by atoms with Crippen LogP contribution in [0.15, 0.2) is 53.5 Å². The summed E-state index contributed by atoms with van der Waals surface area (Å²) < 4.78 is 5.51. The number of carbonyl (C=O) groups is 1. The fourth-order valence-electron chi connectivity index (χ4n) is 3.82. The summed E-state index contributed by atoms with van der Waals surface area (Å²) in [5.41, 5.74) is 2.95. The van der Waals surface area contributed by atoms with E-state index in [0.717, 1.165) is 68.5 Å². The average Bonchev–Trinajstić information content (AvgIpc) is 2.85. The first-order valence-corrected chi connectivity index (χ1v) is 11.4. The molecule has 0 radical (unpaired) electrons. The van der Waals surface area contributed by atoms with E-state index in [9.17, 15) is 4.79 Å². The molecule has 2 N–H and O–H groups in total. The van der Waals surface area contributed by atoms with Crippen molar-refractivity contribution in [1.29, 1.82) is 0 Å². The molecule has 0 saturated carbocycles. The van der Waals surface area contributed by atoms with Crippen LogP contribution in [0, 0.1) is 0 Å². The zero-order valence-corrected chi connectivity index (χ0v) is 19.4. The van der Waals surface area contributed by atoms with Crippen molar-refractivity contribution in [1.82, 2.24) is 15.5 Å². The van der Waals surface area contributed by atoms with Gasteiger partial charge in [0.25, 0.3) is 5.91 Å². The Kier molecular flexibility index (Phi) is 8.78. The third kappa shape index (κ3) is 6.15. The lowest BCUT2D eigenvalue weighted by Crippen LogP contribution is -2.52. The molecule has 7 nitrogen and oxygen atoms in total. The van der Waals surface area contributed by atoms with Gasteiger partial charge in [0, 0.05) is 51.9 Å². The number of amides is 1. The Hall–Kier alpha value is -3.22. The van der Waals surface area contributed by atoms with E-state index < -0.39 is 0 Å². The van der Waals surface area contributed by atoms with E-state index in [0.29, 0.717) is 12.1 Å². The molecule has 1 fully saturated rings. The number of carbonyl (C=O) groups excluding carboxylic acids is 1. The molecule has 7 heteroatoms. The highest BCUT2D eigenvalue weighted by Crippen LogP contribution is 2.28. The standard InChI is InChI=1S/C25H35N5O2/c1-4-5-14-27-24(31)21-12-10-20(11-13-21)19-28-25(26-2)30-17-15-29(16-18-30)22-8-6-7-9-23(22)32-3/h6-13H,4-5,14-19H2,1-3H3,(H,26,28)(H,27,31). The number of hydrogen-bond acceptors (Lipinski definition) is 4. The number of para-hydroxylation sites is 2. The van der Waals surface area contributed by atoms with Crippen LogP contribution in [0.1, 0.15) is 35.7 Å². The van der Waals surface area contributed by atoms with Gasteiger partial charge in [-0.05, 0) is 36.2 Å². The maximum Gasteiger partial charge on any atom is 0.251 e. The SMILES string of the molecule is CCCCNC(=O)c1ccc(CNC(=NC)N2CCN(c3ccccc3OC)CC2)cc1. The van der Waals surface area contributed by atoms with Gasteiger partial charge in [0.1, 0.15) is 5.75 Å². The molecule has 1 aliphatic heterocycles. The van der Waals surface area contributed by atoms with Crippen molar-refractivity contribution in [3.8, 4) is 5.75 Å². The predicted molar refractivity (Wildman–Crippen MR) is 131 cm³/mol. The number of unbranched alkanes of at least 4 members (excludes halogenated alkanes) is 1. The fourth-order valence-corrected chi connectivity index (χ4v) is 3.82. The van der Waals surface area contributed by atoms with Crippen molar-refractivity contribution in [2.24, 2.45) is 4.99 Å². The van der Waals surface area contributed by atoms with Crippen LogP contribution in [-0.2, 0) is 6.54 Å². The van der Waals surface area contributed by atoms with Gasteiger partial charge in [0.2, 0.25) is 0 Å². The van der Waals surface area contributed by atoms with Crippen LogP contribution < -0.4 is 20.3 Å². The van der Waals surface area contributed by atoms with Crippen LogP contribution in [0.4, 0.5) is 5.69 Å². The second-order valence-corrected chi connectivity index (χ2v) is 7.85. The summed E-state index contributed by atoms with van der Waals surface area (Å²) in [6, 6.07) is 15.9. The van der Waals surface area contributed by atoms with Gasteiger partial charge in [-0.25, -0.2) is 0 Å². The summed E-state index contributed by atoms with van der Waals surface area (Å²) in [7, 11) is 3.53. The monoisotopic (exact) mass is 437 g/mol. The van der Waals surface area contributed by atoms with Crippen LogP contribution in [0.3, 0.4) is 0 Å². The first-order valence-electron chi connectivity index (χ1n) is 11.4. The van der Waals surface area contributed by atoms with E-state index in [4.69, 9.17) is 4.74 Å². The number of benzene rings is 2. The van der Waals surface area contributed by atoms with Crippen molar-refractivity contribution < 1.29 is 9.53 Å². The third-order valence-corrected chi connectivity index (χ3v) is 5.70. The minimum absolute atomic E-state index is 0.0123. The van der Waals surface area contributed by atoms with Crippen LogP contribution in [-0.4, -0.2) is 63.6 Å². The summed E-state index contributed by atoms with van der Waals surface area (Å²) in [4.78, 5) is 21.3. The second kappa shape index (κ2) is 12.0. The number of nitrogens with zero attached hydrogens (tertiary/aromatic N) is 3. The molecule has 0 spiro atoms. The number of piperazine rings is 1. The molecule has 1 heterocycles. The first kappa shape index (κ1) is 23.4. The van der Waals surface area contributed by atoms with Crippen LogP contribution in [0.2, 0.25) is 0 Å². The Bertz CT molecular complexity index is 889. The summed E-state index contributed by atoms with van der Waals surface area (Å²) in [6.45, 7) is 7.08. The van der Waals surface area contributed by atoms with Crippen LogP contribution >= 0.6 is 0 Å². The van der Waals surface area contributed by atoms with Gasteiger partial charge in [-0.3, -0.25) is 9.79 Å². The third-order valence-electron chi connectivity index (χ3n) is 5.70. The van der Waals surface area contributed by atoms with E-state index in [1.54, 1.807) is 7.11 Å². The van der Waals surface area contributed by atoms with Gasteiger partial charge in [-0.1, -0.05) is 37.6 Å². The lowest BCUT2D eigenvalue weighted by atomic mass is 10.1. The summed E-state index contributed by atoms with van der Waals surface area (Å²) in [5.74, 6) is 1.79. The number of methoxy groups -OCH3 is 1. The van der Waals surface area contributed by atoms with Gasteiger partial charge in [0.05, 0.1) is 12.8 Å². The lowest BCUT2D eigenvalue weighted by molar-refractivity contribution is 0.0953. The summed E-state index contributed by atoms with van der Waals surface area (Å²) in [6.07, 6.45) is 2.07. The maximum absolute atomic E-state index is 12.2. The lowest BCUT2D eigenvalue weighted by Gasteiger charge is -2.38. The zero-order valence-electron chi connectivity index (χ0n) is 19.4. The van der Waals surface area contributed by atoms with E-state index >= 15 is 0 Å². The molecule has 32 heavy (non-hydrogen) atoms. The van der Waals surface area contributed by atoms with Crippen LogP contribution in [0.5, 0.6) is 5.75 Å². The molecule has 0 atom stereocenters. The van der Waals surface area contributed by atoms with Gasteiger partial charge in [-0.2, -0.15) is 0 Å². The van der Waals surface area contributed by atoms with Crippen molar-refractivity contribution in [2.75, 3.05) is 51.8 Å². The number of guanidine groups is 1. The number of hydrogen-bond donors (Lipinski definition) is 2. The molecule has 1 amide bonds. The Morgan fingerprint density at radius 2 is 1.75 bits per heavy atom. The highest BCUT2D eigenvalue weighted by Gasteiger charge is 2.21. The van der Waals surface area contributed by atoms with Crippen molar-refractivity contribution in [3.63, 3.8) is 0 Å². The van der Waals surface area contributed by atoms with E-state index in [2.05, 4.69) is 38.4 Å². The molecule has 0 bridgehead atoms. The molecular formula is C25H35N5O2. The van der Waals surface area contributed by atoms with E-state index in [1.807, 2.05) is 49.5 Å². The van der Waals surface area contributed by atoms with Crippen molar-refractivity contribution in [3.05, 3.63) is 59.7 Å². The number of aliphatic imine (C=N–C) groups is 1. The molecule has 3 rings (SSSR count). The van der Waals surface area contributed by atoms with Gasteiger partial charge in [0.15, 0.2) is 5.96 Å². The molecule has 1 saturated heterocycles. The molecule has 0 unspecified atom stereocenters. The topological polar surface area (TPSA) is 69.2 Å². The molecule has 0 aliphatic carbocycles. The van der Waals surface area contributed by atoms with E-state index in [1.165, 1.54) is 0 Å². The molecule has 172 valence electrons. The average molecular weight is 438 g/mol. The summed E-state index contributed by atoms with van der Waals surface area (Å²) in [5, 5.41) is 6.41. The van der Waals surface area contributed by atoms with Crippen molar-refractivity contribution in [2.45, 2.75) is 26.3 Å². The van der Waals surface area contributed by atoms with Gasteiger partial charge >= 0.3 is 0 Å². The van der Waals surface area contributed by atoms with Gasteiger partial charge in [-0.15, -0.1) is 0 Å². The van der Waals surface area contributed by atoms with Crippen molar-refractivity contribution >= 4 is 17.6 Å². The normalized spacial score (nSPS) is 14.3. The Morgan fingerprint density at radius 3 is 2.41 bits per heavy atom. The molecule has 2 aromatic carbocycles. The Balaban J connectivity index is 1.49. The van der Waals surface area contributed by atoms with Crippen LogP contribution in [0.25, 0.3) is 0 Å². The minimum Gasteiger partial charge on any atom is -0.495 e. The Labute approximate surface area is 191 Å². The minimum atomic E-state index is -0.0123. The second-order valence-electron chi connectivity index (χ2n) is 7.85. The van der Waals surface area contributed by atoms with Gasteiger partial charge < -0.3 is 25.2 Å². The maximum atomic E-state index is 12.2. The number of ether oxygens (including phenoxy) is 1. The first-order chi connectivity index (χ1) is 15.7.